The number of allylic oxidation sites excluding steroid dienone is 5. The summed E-state index contributed by atoms with van der Waals surface area (Å²) in [4.78, 5) is 3.33. The third-order valence-corrected chi connectivity index (χ3v) is 9.73. The van der Waals surface area contributed by atoms with Gasteiger partial charge in [0.2, 0.25) is 0 Å². The van der Waals surface area contributed by atoms with Crippen molar-refractivity contribution in [1.82, 2.24) is 0 Å². The van der Waals surface area contributed by atoms with E-state index in [4.69, 9.17) is 0 Å². The summed E-state index contributed by atoms with van der Waals surface area (Å²) in [6.07, 6.45) is 7.68. The summed E-state index contributed by atoms with van der Waals surface area (Å²) in [5.41, 5.74) is 6.40. The fourth-order valence-corrected chi connectivity index (χ4v) is 6.77. The molecule has 4 aromatic rings. The molecule has 1 aliphatic carbocycles. The average molecular weight is 707 g/mol. The van der Waals surface area contributed by atoms with Gasteiger partial charge in [0.05, 0.1) is 9.79 Å². The zero-order valence-corrected chi connectivity index (χ0v) is 31.7. The fraction of sp³-hybridized carbons (Fsp3) is 0.162. The third kappa shape index (κ3) is 9.46. The van der Waals surface area contributed by atoms with E-state index in [-0.39, 0.29) is 39.3 Å². The van der Waals surface area contributed by atoms with Crippen molar-refractivity contribution in [2.24, 2.45) is 0 Å². The van der Waals surface area contributed by atoms with E-state index in [9.17, 15) is 25.9 Å². The first-order valence-electron chi connectivity index (χ1n) is 15.1. The second kappa shape index (κ2) is 15.8. The van der Waals surface area contributed by atoms with Crippen molar-refractivity contribution in [3.8, 4) is 0 Å². The second-order valence-electron chi connectivity index (χ2n) is 11.9. The molecular formula is C37H37N3NaO6S2+. The Morgan fingerprint density at radius 3 is 1.90 bits per heavy atom. The Balaban J connectivity index is 0.00000541. The van der Waals surface area contributed by atoms with Crippen LogP contribution in [-0.4, -0.2) is 64.4 Å². The van der Waals surface area contributed by atoms with Gasteiger partial charge in [-0.25, -0.2) is 13.0 Å². The molecule has 0 unspecified atom stereocenters. The van der Waals surface area contributed by atoms with Crippen molar-refractivity contribution >= 4 is 42.9 Å². The van der Waals surface area contributed by atoms with Gasteiger partial charge in [0.15, 0.2) is 5.71 Å². The van der Waals surface area contributed by atoms with Crippen LogP contribution in [0.2, 0.25) is 0 Å². The number of nitrogens with zero attached hydrogens (tertiary/aromatic N) is 3. The molecule has 0 fully saturated rings. The van der Waals surface area contributed by atoms with E-state index in [0.29, 0.717) is 41.0 Å². The molecule has 5 rings (SSSR count). The largest absolute Gasteiger partial charge is 1.00 e. The molecule has 0 bridgehead atoms. The van der Waals surface area contributed by atoms with Gasteiger partial charge in [-0.15, -0.1) is 0 Å². The van der Waals surface area contributed by atoms with Crippen molar-refractivity contribution in [2.75, 3.05) is 38.0 Å². The first kappa shape index (κ1) is 38.0. The number of rotatable bonds is 10. The van der Waals surface area contributed by atoms with Gasteiger partial charge in [-0.3, -0.25) is 4.55 Å². The maximum Gasteiger partial charge on any atom is 1.00 e. The smallest absolute Gasteiger partial charge is 0.744 e. The van der Waals surface area contributed by atoms with Crippen LogP contribution < -0.4 is 39.4 Å². The molecule has 0 aliphatic heterocycles. The van der Waals surface area contributed by atoms with Gasteiger partial charge < -0.3 is 14.4 Å². The molecule has 0 amide bonds. The third-order valence-electron chi connectivity index (χ3n) is 8.00. The number of anilines is 2. The molecule has 0 heterocycles. The summed E-state index contributed by atoms with van der Waals surface area (Å²) in [6, 6.07) is 28.5. The maximum absolute atomic E-state index is 12.7. The van der Waals surface area contributed by atoms with Crippen LogP contribution in [0.15, 0.2) is 137 Å². The predicted octanol–water partition coefficient (Wildman–Crippen LogP) is 2.76. The Morgan fingerprint density at radius 2 is 1.33 bits per heavy atom. The van der Waals surface area contributed by atoms with E-state index in [1.165, 1.54) is 18.2 Å². The van der Waals surface area contributed by atoms with E-state index < -0.39 is 20.2 Å². The molecule has 0 aromatic heterocycles. The second-order valence-corrected chi connectivity index (χ2v) is 14.6. The standard InChI is InChI=1S/C37H37N3O6S2.Na/c1-38(2)31-17-13-29(14-18-31)37(35-22-21-33(39(3)4)24-36(35)48(44,45)46)30-15-19-32(20-16-30)40(25-27-9-6-5-7-10-27)26-28-11-8-12-34(23-28)47(41,42)43;/h5-24H,25-26H2,1-4H3,(H-,41,42,43,44,45,46);/q;+1. The normalized spacial score (nSPS) is 12.8. The molecule has 0 spiro atoms. The minimum atomic E-state index is -4.85. The van der Waals surface area contributed by atoms with Crippen molar-refractivity contribution in [3.05, 3.63) is 149 Å². The minimum absolute atomic E-state index is 0. The summed E-state index contributed by atoms with van der Waals surface area (Å²) in [7, 11) is -1.81. The van der Waals surface area contributed by atoms with Gasteiger partial charge in [0.1, 0.15) is 24.2 Å². The van der Waals surface area contributed by atoms with E-state index in [0.717, 1.165) is 22.5 Å². The van der Waals surface area contributed by atoms with E-state index >= 15 is 0 Å². The topological polar surface area (TPSA) is 121 Å². The molecule has 0 saturated heterocycles. The van der Waals surface area contributed by atoms with Crippen LogP contribution in [0.3, 0.4) is 0 Å². The summed E-state index contributed by atoms with van der Waals surface area (Å²) < 4.78 is 73.2. The van der Waals surface area contributed by atoms with Crippen molar-refractivity contribution in [3.63, 3.8) is 0 Å². The van der Waals surface area contributed by atoms with Crippen molar-refractivity contribution in [2.45, 2.75) is 22.9 Å². The number of hydrogen-bond donors (Lipinski definition) is 1. The number of hydrogen-bond acceptors (Lipinski definition) is 7. The molecule has 1 N–H and O–H groups in total. The molecule has 12 heteroatoms. The molecule has 49 heavy (non-hydrogen) atoms. The zero-order valence-electron chi connectivity index (χ0n) is 28.1. The van der Waals surface area contributed by atoms with E-state index in [1.807, 2.05) is 97.6 Å². The molecule has 9 nitrogen and oxygen atoms in total. The monoisotopic (exact) mass is 706 g/mol. The molecule has 4 aromatic carbocycles. The maximum atomic E-state index is 12.7. The first-order valence-corrected chi connectivity index (χ1v) is 17.9. The first-order chi connectivity index (χ1) is 22.7. The average Bonchev–Trinajstić information content (AvgIpc) is 3.05. The number of benzene rings is 4. The molecule has 0 radical (unpaired) electrons. The van der Waals surface area contributed by atoms with Gasteiger partial charge >= 0.3 is 29.6 Å². The van der Waals surface area contributed by atoms with Gasteiger partial charge in [-0.05, 0) is 76.4 Å². The molecule has 0 saturated carbocycles. The van der Waals surface area contributed by atoms with Crippen LogP contribution in [0.4, 0.5) is 11.4 Å². The van der Waals surface area contributed by atoms with Crippen LogP contribution in [0, 0.1) is 0 Å². The van der Waals surface area contributed by atoms with Gasteiger partial charge in [0, 0.05) is 56.3 Å². The van der Waals surface area contributed by atoms with Gasteiger partial charge in [0.25, 0.3) is 10.1 Å². The molecule has 248 valence electrons. The summed E-state index contributed by atoms with van der Waals surface area (Å²) in [5, 5.41) is 0. The molecule has 0 atom stereocenters. The van der Waals surface area contributed by atoms with Crippen LogP contribution in [0.1, 0.15) is 22.3 Å². The summed E-state index contributed by atoms with van der Waals surface area (Å²) >= 11 is 0. The Labute approximate surface area is 311 Å². The van der Waals surface area contributed by atoms with Gasteiger partial charge in [-0.2, -0.15) is 8.42 Å². The summed E-state index contributed by atoms with van der Waals surface area (Å²) in [5.74, 6) is 0. The molecule has 1 aliphatic rings. The van der Waals surface area contributed by atoms with E-state index in [2.05, 4.69) is 4.90 Å². The zero-order chi connectivity index (χ0) is 34.6. The Hall–Kier alpha value is -3.81. The van der Waals surface area contributed by atoms with E-state index in [1.54, 1.807) is 43.3 Å². The van der Waals surface area contributed by atoms with Crippen LogP contribution in [0.5, 0.6) is 0 Å². The fourth-order valence-electron chi connectivity index (χ4n) is 5.51. The van der Waals surface area contributed by atoms with Gasteiger partial charge in [-0.1, -0.05) is 60.7 Å². The SMILES string of the molecule is CN(C)c1ccc(C(=C2C=CC(=[N+](C)C)C=C2)c2ccc(N(Cc3ccccc3)Cc3cccc(S(=O)(=O)O)c3)cc2)c(S(=O)(=O)[O-])c1.[Na+]. The molecular weight excluding hydrogens is 670 g/mol. The van der Waals surface area contributed by atoms with Crippen LogP contribution in [-0.2, 0) is 33.3 Å². The minimum Gasteiger partial charge on any atom is -0.744 e. The predicted molar refractivity (Wildman–Crippen MR) is 189 cm³/mol. The van der Waals surface area contributed by atoms with Crippen molar-refractivity contribution in [1.29, 1.82) is 0 Å². The Kier molecular flexibility index (Phi) is 12.3. The van der Waals surface area contributed by atoms with Crippen LogP contribution >= 0.6 is 0 Å². The van der Waals surface area contributed by atoms with Crippen molar-refractivity contribution < 1.29 is 60.1 Å². The summed E-state index contributed by atoms with van der Waals surface area (Å²) in [6.45, 7) is 0.841. The quantitative estimate of drug-likeness (QED) is 0.152. The Morgan fingerprint density at radius 1 is 0.735 bits per heavy atom. The van der Waals surface area contributed by atoms with Crippen LogP contribution in [0.25, 0.3) is 5.57 Å². The Bertz CT molecular complexity index is 2150.